The lowest BCUT2D eigenvalue weighted by Gasteiger charge is -2.09. The highest BCUT2D eigenvalue weighted by Gasteiger charge is 2.07. The molecule has 0 saturated heterocycles. The zero-order chi connectivity index (χ0) is 14.4. The molecule has 2 rings (SSSR count). The number of carbonyl (C=O) groups is 1. The molecule has 0 aliphatic rings. The number of para-hydroxylation sites is 1. The van der Waals surface area contributed by atoms with Gasteiger partial charge in [0.1, 0.15) is 11.5 Å². The van der Waals surface area contributed by atoms with Gasteiger partial charge in [0.25, 0.3) is 0 Å². The van der Waals surface area contributed by atoms with Crippen LogP contribution in [-0.4, -0.2) is 12.6 Å². The van der Waals surface area contributed by atoms with Crippen LogP contribution in [0.15, 0.2) is 54.6 Å². The Morgan fingerprint density at radius 1 is 1.00 bits per heavy atom. The van der Waals surface area contributed by atoms with Crippen LogP contribution in [-0.2, 0) is 4.79 Å². The maximum Gasteiger partial charge on any atom is 0.349 e. The lowest BCUT2D eigenvalue weighted by molar-refractivity contribution is -0.136. The molecule has 0 aromatic heterocycles. The number of carbonyl (C=O) groups excluding carboxylic acids is 1. The van der Waals surface area contributed by atoms with Crippen LogP contribution >= 0.6 is 0 Å². The van der Waals surface area contributed by atoms with Crippen molar-refractivity contribution in [2.75, 3.05) is 6.61 Å². The van der Waals surface area contributed by atoms with E-state index in [1.54, 1.807) is 12.1 Å². The molecule has 0 aliphatic carbocycles. The Kier molecular flexibility index (Phi) is 4.77. The van der Waals surface area contributed by atoms with Gasteiger partial charge in [-0.15, -0.1) is 0 Å². The second-order valence-corrected chi connectivity index (χ2v) is 4.80. The molecule has 0 amide bonds. The third-order valence-corrected chi connectivity index (χ3v) is 2.86. The normalized spacial score (nSPS) is 10.3. The van der Waals surface area contributed by atoms with Crippen molar-refractivity contribution in [2.24, 2.45) is 0 Å². The third kappa shape index (κ3) is 4.12. The number of rotatable bonds is 5. The molecule has 0 fully saturated rings. The van der Waals surface area contributed by atoms with Gasteiger partial charge in [-0.2, -0.15) is 0 Å². The van der Waals surface area contributed by atoms with E-state index in [0.29, 0.717) is 17.4 Å². The third-order valence-electron chi connectivity index (χ3n) is 2.86. The van der Waals surface area contributed by atoms with E-state index in [-0.39, 0.29) is 6.61 Å². The quantitative estimate of drug-likeness (QED) is 0.612. The van der Waals surface area contributed by atoms with Crippen LogP contribution in [0.4, 0.5) is 0 Å². The average molecular weight is 270 g/mol. The van der Waals surface area contributed by atoms with Gasteiger partial charge in [0, 0.05) is 0 Å². The highest BCUT2D eigenvalue weighted by molar-refractivity contribution is 5.73. The SMILES string of the molecule is CC(C)c1cccc(OCC(=O)Oc2ccccc2)c1. The van der Waals surface area contributed by atoms with E-state index in [0.717, 1.165) is 0 Å². The first kappa shape index (κ1) is 14.1. The summed E-state index contributed by atoms with van der Waals surface area (Å²) in [6.45, 7) is 4.13. The Morgan fingerprint density at radius 2 is 1.70 bits per heavy atom. The first-order chi connectivity index (χ1) is 9.65. The fourth-order valence-electron chi connectivity index (χ4n) is 1.76. The molecular weight excluding hydrogens is 252 g/mol. The van der Waals surface area contributed by atoms with Gasteiger partial charge in [0.05, 0.1) is 0 Å². The maximum atomic E-state index is 11.7. The van der Waals surface area contributed by atoms with Gasteiger partial charge in [0.15, 0.2) is 6.61 Å². The van der Waals surface area contributed by atoms with Crippen molar-refractivity contribution >= 4 is 5.97 Å². The van der Waals surface area contributed by atoms with E-state index in [2.05, 4.69) is 13.8 Å². The van der Waals surface area contributed by atoms with E-state index in [4.69, 9.17) is 9.47 Å². The molecule has 0 spiro atoms. The predicted octanol–water partition coefficient (Wildman–Crippen LogP) is 3.79. The molecular formula is C17H18O3. The minimum Gasteiger partial charge on any atom is -0.482 e. The van der Waals surface area contributed by atoms with Crippen molar-refractivity contribution < 1.29 is 14.3 Å². The minimum absolute atomic E-state index is 0.101. The molecule has 2 aromatic rings. The summed E-state index contributed by atoms with van der Waals surface area (Å²) in [5.41, 5.74) is 1.18. The van der Waals surface area contributed by atoms with Gasteiger partial charge >= 0.3 is 5.97 Å². The van der Waals surface area contributed by atoms with Gasteiger partial charge < -0.3 is 9.47 Å². The van der Waals surface area contributed by atoms with Crippen molar-refractivity contribution in [3.63, 3.8) is 0 Å². The second-order valence-electron chi connectivity index (χ2n) is 4.80. The number of benzene rings is 2. The minimum atomic E-state index is -0.411. The Morgan fingerprint density at radius 3 is 2.40 bits per heavy atom. The van der Waals surface area contributed by atoms with E-state index in [1.165, 1.54) is 5.56 Å². The fraction of sp³-hybridized carbons (Fsp3) is 0.235. The van der Waals surface area contributed by atoms with E-state index < -0.39 is 5.97 Å². The van der Waals surface area contributed by atoms with Crippen LogP contribution in [0.5, 0.6) is 11.5 Å². The smallest absolute Gasteiger partial charge is 0.349 e. The molecule has 0 bridgehead atoms. The lowest BCUT2D eigenvalue weighted by Crippen LogP contribution is -2.17. The van der Waals surface area contributed by atoms with Crippen molar-refractivity contribution in [1.29, 1.82) is 0 Å². The summed E-state index contributed by atoms with van der Waals surface area (Å²) in [5.74, 6) is 1.22. The predicted molar refractivity (Wildman–Crippen MR) is 78.1 cm³/mol. The Balaban J connectivity index is 1.89. The molecule has 0 N–H and O–H groups in total. The van der Waals surface area contributed by atoms with Crippen LogP contribution in [0, 0.1) is 0 Å². The summed E-state index contributed by atoms with van der Waals surface area (Å²) in [6, 6.07) is 16.7. The summed E-state index contributed by atoms with van der Waals surface area (Å²) in [6.07, 6.45) is 0. The first-order valence-electron chi connectivity index (χ1n) is 6.63. The highest BCUT2D eigenvalue weighted by Crippen LogP contribution is 2.20. The standard InChI is InChI=1S/C17H18O3/c1-13(2)14-7-6-10-16(11-14)19-12-17(18)20-15-8-4-3-5-9-15/h3-11,13H,12H2,1-2H3. The van der Waals surface area contributed by atoms with E-state index >= 15 is 0 Å². The summed E-state index contributed by atoms with van der Waals surface area (Å²) >= 11 is 0. The van der Waals surface area contributed by atoms with E-state index in [1.807, 2.05) is 42.5 Å². The lowest BCUT2D eigenvalue weighted by atomic mass is 10.0. The topological polar surface area (TPSA) is 35.5 Å². The Bertz CT molecular complexity index is 561. The summed E-state index contributed by atoms with van der Waals surface area (Å²) in [7, 11) is 0. The van der Waals surface area contributed by atoms with Crippen LogP contribution in [0.2, 0.25) is 0 Å². The Labute approximate surface area is 119 Å². The molecule has 3 heteroatoms. The van der Waals surface area contributed by atoms with Crippen LogP contribution in [0.25, 0.3) is 0 Å². The van der Waals surface area contributed by atoms with Gasteiger partial charge in [0.2, 0.25) is 0 Å². The highest BCUT2D eigenvalue weighted by atomic mass is 16.6. The molecule has 2 aromatic carbocycles. The number of hydrogen-bond donors (Lipinski definition) is 0. The number of esters is 1. The van der Waals surface area contributed by atoms with Crippen molar-refractivity contribution in [3.05, 3.63) is 60.2 Å². The van der Waals surface area contributed by atoms with Gasteiger partial charge in [-0.1, -0.05) is 44.2 Å². The summed E-state index contributed by atoms with van der Waals surface area (Å²) in [5, 5.41) is 0. The van der Waals surface area contributed by atoms with Crippen molar-refractivity contribution in [2.45, 2.75) is 19.8 Å². The molecule has 3 nitrogen and oxygen atoms in total. The zero-order valence-electron chi connectivity index (χ0n) is 11.7. The molecule has 20 heavy (non-hydrogen) atoms. The first-order valence-corrected chi connectivity index (χ1v) is 6.63. The number of ether oxygens (including phenoxy) is 2. The second kappa shape index (κ2) is 6.75. The van der Waals surface area contributed by atoms with Crippen molar-refractivity contribution in [3.8, 4) is 11.5 Å². The molecule has 0 aliphatic heterocycles. The fourth-order valence-corrected chi connectivity index (χ4v) is 1.76. The largest absolute Gasteiger partial charge is 0.482 e. The molecule has 0 heterocycles. The van der Waals surface area contributed by atoms with Crippen LogP contribution < -0.4 is 9.47 Å². The van der Waals surface area contributed by atoms with Gasteiger partial charge in [-0.05, 0) is 35.7 Å². The van der Waals surface area contributed by atoms with Gasteiger partial charge in [-0.3, -0.25) is 0 Å². The van der Waals surface area contributed by atoms with Crippen LogP contribution in [0.3, 0.4) is 0 Å². The van der Waals surface area contributed by atoms with Gasteiger partial charge in [-0.25, -0.2) is 4.79 Å². The number of hydrogen-bond acceptors (Lipinski definition) is 3. The monoisotopic (exact) mass is 270 g/mol. The maximum absolute atomic E-state index is 11.7. The molecule has 0 atom stereocenters. The summed E-state index contributed by atoms with van der Waals surface area (Å²) < 4.78 is 10.6. The van der Waals surface area contributed by atoms with E-state index in [9.17, 15) is 4.79 Å². The molecule has 0 unspecified atom stereocenters. The molecule has 0 radical (unpaired) electrons. The van der Waals surface area contributed by atoms with Crippen molar-refractivity contribution in [1.82, 2.24) is 0 Å². The molecule has 0 saturated carbocycles. The summed E-state index contributed by atoms with van der Waals surface area (Å²) in [4.78, 5) is 11.7. The Hall–Kier alpha value is -2.29. The molecule has 104 valence electrons. The zero-order valence-corrected chi connectivity index (χ0v) is 11.7. The average Bonchev–Trinajstić information content (AvgIpc) is 2.46. The van der Waals surface area contributed by atoms with Crippen LogP contribution in [0.1, 0.15) is 25.3 Å².